The topological polar surface area (TPSA) is 66.9 Å². The summed E-state index contributed by atoms with van der Waals surface area (Å²) in [4.78, 5) is 20.5. The standard InChI is InChI=1S/C19H15ClN4O/c1-3-12-7-10-16-15(17(12)20)11-22-19(24-16)23-14-8-5-13(6-9-14)18(25)21-4-2/h1,5-11H,4H2,2H3,(H,21,25)(H,22,23,24). The fraction of sp³-hybridized carbons (Fsp3) is 0.105. The van der Waals surface area contributed by atoms with Gasteiger partial charge in [-0.15, -0.1) is 6.42 Å². The van der Waals surface area contributed by atoms with Crippen LogP contribution < -0.4 is 10.6 Å². The maximum Gasteiger partial charge on any atom is 0.251 e. The van der Waals surface area contributed by atoms with Crippen LogP contribution in [0.3, 0.4) is 0 Å². The monoisotopic (exact) mass is 350 g/mol. The molecule has 0 aliphatic rings. The van der Waals surface area contributed by atoms with Crippen molar-refractivity contribution in [3.05, 3.63) is 58.7 Å². The molecule has 0 aliphatic heterocycles. The molecule has 0 atom stereocenters. The Labute approximate surface area is 150 Å². The summed E-state index contributed by atoms with van der Waals surface area (Å²) in [6, 6.07) is 10.6. The van der Waals surface area contributed by atoms with Crippen LogP contribution in [-0.4, -0.2) is 22.4 Å². The van der Waals surface area contributed by atoms with Crippen LogP contribution in [0.15, 0.2) is 42.6 Å². The molecule has 0 unspecified atom stereocenters. The number of fused-ring (bicyclic) bond motifs is 1. The fourth-order valence-electron chi connectivity index (χ4n) is 2.34. The number of carbonyl (C=O) groups excluding carboxylic acids is 1. The average molecular weight is 351 g/mol. The van der Waals surface area contributed by atoms with E-state index in [2.05, 4.69) is 26.5 Å². The summed E-state index contributed by atoms with van der Waals surface area (Å²) in [7, 11) is 0. The summed E-state index contributed by atoms with van der Waals surface area (Å²) in [5.74, 6) is 2.86. The van der Waals surface area contributed by atoms with E-state index in [1.165, 1.54) is 0 Å². The molecule has 0 fully saturated rings. The van der Waals surface area contributed by atoms with Gasteiger partial charge in [0.1, 0.15) is 0 Å². The van der Waals surface area contributed by atoms with Crippen LogP contribution >= 0.6 is 11.6 Å². The van der Waals surface area contributed by atoms with Gasteiger partial charge in [0.25, 0.3) is 5.91 Å². The molecule has 25 heavy (non-hydrogen) atoms. The Morgan fingerprint density at radius 1 is 1.24 bits per heavy atom. The first-order chi connectivity index (χ1) is 12.1. The molecule has 0 spiro atoms. The third-order valence-electron chi connectivity index (χ3n) is 3.60. The van der Waals surface area contributed by atoms with Crippen molar-refractivity contribution < 1.29 is 4.79 Å². The van der Waals surface area contributed by atoms with Gasteiger partial charge in [-0.2, -0.15) is 0 Å². The molecule has 0 saturated carbocycles. The van der Waals surface area contributed by atoms with E-state index in [4.69, 9.17) is 18.0 Å². The van der Waals surface area contributed by atoms with Crippen LogP contribution in [0.25, 0.3) is 10.9 Å². The smallest absolute Gasteiger partial charge is 0.251 e. The van der Waals surface area contributed by atoms with Crippen LogP contribution in [0.4, 0.5) is 11.6 Å². The highest BCUT2D eigenvalue weighted by atomic mass is 35.5. The summed E-state index contributed by atoms with van der Waals surface area (Å²) in [6.45, 7) is 2.47. The molecule has 1 aromatic heterocycles. The SMILES string of the molecule is C#Cc1ccc2nc(Nc3ccc(C(=O)NCC)cc3)ncc2c1Cl. The van der Waals surface area contributed by atoms with Crippen molar-refractivity contribution in [1.29, 1.82) is 0 Å². The molecule has 0 bridgehead atoms. The highest BCUT2D eigenvalue weighted by Gasteiger charge is 2.08. The predicted octanol–water partition coefficient (Wildman–Crippen LogP) is 3.76. The number of amides is 1. The zero-order valence-corrected chi connectivity index (χ0v) is 14.3. The molecule has 0 saturated heterocycles. The summed E-state index contributed by atoms with van der Waals surface area (Å²) >= 11 is 6.25. The summed E-state index contributed by atoms with van der Waals surface area (Å²) in [5, 5.41) is 7.03. The predicted molar refractivity (Wildman–Crippen MR) is 100 cm³/mol. The lowest BCUT2D eigenvalue weighted by molar-refractivity contribution is 0.0956. The minimum atomic E-state index is -0.102. The highest BCUT2D eigenvalue weighted by molar-refractivity contribution is 6.36. The summed E-state index contributed by atoms with van der Waals surface area (Å²) < 4.78 is 0. The number of nitrogens with zero attached hydrogens (tertiary/aromatic N) is 2. The molecule has 3 rings (SSSR count). The third-order valence-corrected chi connectivity index (χ3v) is 4.00. The first-order valence-corrected chi connectivity index (χ1v) is 8.07. The molecule has 124 valence electrons. The van der Waals surface area contributed by atoms with Gasteiger partial charge in [0.2, 0.25) is 5.95 Å². The molecule has 1 amide bonds. The Hall–Kier alpha value is -3.10. The van der Waals surface area contributed by atoms with Gasteiger partial charge in [-0.3, -0.25) is 4.79 Å². The molecular weight excluding hydrogens is 336 g/mol. The van der Waals surface area contributed by atoms with Crippen LogP contribution in [0.2, 0.25) is 5.02 Å². The first kappa shape index (κ1) is 16.7. The van der Waals surface area contributed by atoms with Crippen LogP contribution in [-0.2, 0) is 0 Å². The van der Waals surface area contributed by atoms with E-state index in [9.17, 15) is 4.79 Å². The quantitative estimate of drug-likeness (QED) is 0.703. The Kier molecular flexibility index (Phi) is 4.82. The minimum Gasteiger partial charge on any atom is -0.352 e. The first-order valence-electron chi connectivity index (χ1n) is 7.69. The average Bonchev–Trinajstić information content (AvgIpc) is 2.63. The Balaban J connectivity index is 1.83. The van der Waals surface area contributed by atoms with Crippen molar-refractivity contribution in [3.63, 3.8) is 0 Å². The summed E-state index contributed by atoms with van der Waals surface area (Å²) in [6.07, 6.45) is 7.05. The number of aromatic nitrogens is 2. The van der Waals surface area contributed by atoms with Gasteiger partial charge in [-0.25, -0.2) is 9.97 Å². The molecule has 2 N–H and O–H groups in total. The third kappa shape index (κ3) is 3.54. The van der Waals surface area contributed by atoms with Gasteiger partial charge in [-0.05, 0) is 43.3 Å². The lowest BCUT2D eigenvalue weighted by Gasteiger charge is -2.08. The van der Waals surface area contributed by atoms with E-state index >= 15 is 0 Å². The van der Waals surface area contributed by atoms with E-state index in [1.807, 2.05) is 6.92 Å². The maximum atomic E-state index is 11.8. The number of rotatable bonds is 4. The number of hydrogen-bond acceptors (Lipinski definition) is 4. The number of hydrogen-bond donors (Lipinski definition) is 2. The molecule has 3 aromatic rings. The number of nitrogens with one attached hydrogen (secondary N) is 2. The molecule has 1 heterocycles. The van der Waals surface area contributed by atoms with Gasteiger partial charge in [0.15, 0.2) is 0 Å². The number of benzene rings is 2. The zero-order chi connectivity index (χ0) is 17.8. The minimum absolute atomic E-state index is 0.102. The second-order valence-corrected chi connectivity index (χ2v) is 5.64. The number of anilines is 2. The number of terminal acetylenes is 1. The van der Waals surface area contributed by atoms with Gasteiger partial charge in [0.05, 0.1) is 10.5 Å². The number of halogens is 1. The van der Waals surface area contributed by atoms with Crippen molar-refractivity contribution >= 4 is 40.0 Å². The molecule has 0 radical (unpaired) electrons. The molecule has 6 heteroatoms. The molecular formula is C19H15ClN4O. The van der Waals surface area contributed by atoms with Gasteiger partial charge in [-0.1, -0.05) is 17.5 Å². The Morgan fingerprint density at radius 2 is 2.00 bits per heavy atom. The second kappa shape index (κ2) is 7.20. The lowest BCUT2D eigenvalue weighted by Crippen LogP contribution is -2.22. The van der Waals surface area contributed by atoms with Gasteiger partial charge in [0, 0.05) is 34.9 Å². The van der Waals surface area contributed by atoms with Gasteiger partial charge >= 0.3 is 0 Å². The van der Waals surface area contributed by atoms with Crippen LogP contribution in [0.5, 0.6) is 0 Å². The highest BCUT2D eigenvalue weighted by Crippen LogP contribution is 2.26. The van der Waals surface area contributed by atoms with Crippen molar-refractivity contribution in [2.75, 3.05) is 11.9 Å². The lowest BCUT2D eigenvalue weighted by atomic mass is 10.1. The van der Waals surface area contributed by atoms with E-state index in [1.54, 1.807) is 42.6 Å². The Bertz CT molecular complexity index is 977. The fourth-order valence-corrected chi connectivity index (χ4v) is 2.60. The van der Waals surface area contributed by atoms with E-state index in [0.29, 0.717) is 39.5 Å². The van der Waals surface area contributed by atoms with Crippen molar-refractivity contribution in [2.24, 2.45) is 0 Å². The van der Waals surface area contributed by atoms with Crippen molar-refractivity contribution in [2.45, 2.75) is 6.92 Å². The largest absolute Gasteiger partial charge is 0.352 e. The van der Waals surface area contributed by atoms with Crippen molar-refractivity contribution in [1.82, 2.24) is 15.3 Å². The van der Waals surface area contributed by atoms with E-state index in [-0.39, 0.29) is 5.91 Å². The van der Waals surface area contributed by atoms with Crippen molar-refractivity contribution in [3.8, 4) is 12.3 Å². The number of carbonyl (C=O) groups is 1. The summed E-state index contributed by atoms with van der Waals surface area (Å²) in [5.41, 5.74) is 2.68. The van der Waals surface area contributed by atoms with Crippen LogP contribution in [0, 0.1) is 12.3 Å². The Morgan fingerprint density at radius 3 is 2.68 bits per heavy atom. The molecule has 2 aromatic carbocycles. The van der Waals surface area contributed by atoms with Crippen LogP contribution in [0.1, 0.15) is 22.8 Å². The second-order valence-electron chi connectivity index (χ2n) is 5.26. The normalized spacial score (nSPS) is 10.3. The van der Waals surface area contributed by atoms with E-state index < -0.39 is 0 Å². The maximum absolute atomic E-state index is 11.8. The van der Waals surface area contributed by atoms with E-state index in [0.717, 1.165) is 5.69 Å². The van der Waals surface area contributed by atoms with Gasteiger partial charge < -0.3 is 10.6 Å². The molecule has 5 nitrogen and oxygen atoms in total. The zero-order valence-electron chi connectivity index (χ0n) is 13.5. The molecule has 0 aliphatic carbocycles.